The van der Waals surface area contributed by atoms with Crippen LogP contribution in [0, 0.1) is 0 Å². The maximum atomic E-state index is 5.78. The van der Waals surface area contributed by atoms with Crippen LogP contribution in [0.4, 0.5) is 5.69 Å². The lowest BCUT2D eigenvalue weighted by molar-refractivity contribution is 0.172. The van der Waals surface area contributed by atoms with E-state index < -0.39 is 0 Å². The summed E-state index contributed by atoms with van der Waals surface area (Å²) in [5.74, 6) is 3.40. The smallest absolute Gasteiger partial charge is 0.196 e. The number of nitrogens with one attached hydrogen (secondary N) is 2. The number of halogens is 1. The Labute approximate surface area is 207 Å². The van der Waals surface area contributed by atoms with Crippen molar-refractivity contribution >= 4 is 35.6 Å². The molecular weight excluding hydrogens is 525 g/mol. The van der Waals surface area contributed by atoms with Crippen LogP contribution < -0.4 is 29.6 Å². The fourth-order valence-electron chi connectivity index (χ4n) is 2.89. The van der Waals surface area contributed by atoms with Gasteiger partial charge in [0.2, 0.25) is 0 Å². The number of nitrogens with zero attached hydrogens (tertiary/aromatic N) is 1. The van der Waals surface area contributed by atoms with Crippen molar-refractivity contribution < 1.29 is 23.7 Å². The SMILES string of the molecule is CCNC(=NCc1c(OC)cc(OC)cc1OC)Nc1cccc(OCCCOC)c1.I. The van der Waals surface area contributed by atoms with Crippen LogP contribution in [-0.4, -0.2) is 54.2 Å². The summed E-state index contributed by atoms with van der Waals surface area (Å²) in [7, 11) is 6.52. The maximum Gasteiger partial charge on any atom is 0.196 e. The molecule has 0 unspecified atom stereocenters. The number of ether oxygens (including phenoxy) is 5. The molecule has 0 spiro atoms. The highest BCUT2D eigenvalue weighted by Gasteiger charge is 2.13. The zero-order chi connectivity index (χ0) is 22.5. The lowest BCUT2D eigenvalue weighted by atomic mass is 10.1. The third-order valence-electron chi connectivity index (χ3n) is 4.41. The molecule has 0 bridgehead atoms. The van der Waals surface area contributed by atoms with Crippen LogP contribution in [0.3, 0.4) is 0 Å². The molecule has 2 rings (SSSR count). The second-order valence-corrected chi connectivity index (χ2v) is 6.55. The first-order chi connectivity index (χ1) is 15.1. The van der Waals surface area contributed by atoms with E-state index in [1.54, 1.807) is 28.4 Å². The van der Waals surface area contributed by atoms with E-state index in [1.165, 1.54) is 0 Å². The number of methoxy groups -OCH3 is 4. The minimum atomic E-state index is 0. The Kier molecular flexibility index (Phi) is 13.3. The molecule has 32 heavy (non-hydrogen) atoms. The van der Waals surface area contributed by atoms with E-state index >= 15 is 0 Å². The summed E-state index contributed by atoms with van der Waals surface area (Å²) in [5.41, 5.74) is 1.70. The molecule has 0 heterocycles. The van der Waals surface area contributed by atoms with Gasteiger partial charge >= 0.3 is 0 Å². The summed E-state index contributed by atoms with van der Waals surface area (Å²) in [4.78, 5) is 4.70. The number of benzene rings is 2. The van der Waals surface area contributed by atoms with Gasteiger partial charge in [0.15, 0.2) is 5.96 Å². The number of aliphatic imine (C=N–C) groups is 1. The van der Waals surface area contributed by atoms with Crippen molar-refractivity contribution in [1.82, 2.24) is 5.32 Å². The average Bonchev–Trinajstić information content (AvgIpc) is 2.80. The highest BCUT2D eigenvalue weighted by molar-refractivity contribution is 14.0. The Morgan fingerprint density at radius 3 is 2.22 bits per heavy atom. The second-order valence-electron chi connectivity index (χ2n) is 6.55. The van der Waals surface area contributed by atoms with Crippen molar-refractivity contribution in [2.24, 2.45) is 4.99 Å². The Hall–Kier alpha value is -2.40. The second kappa shape index (κ2) is 15.4. The fraction of sp³-hybridized carbons (Fsp3) is 0.435. The van der Waals surface area contributed by atoms with Crippen molar-refractivity contribution in [1.29, 1.82) is 0 Å². The van der Waals surface area contributed by atoms with Crippen LogP contribution in [0.25, 0.3) is 0 Å². The first kappa shape index (κ1) is 27.6. The van der Waals surface area contributed by atoms with Crippen molar-refractivity contribution in [3.63, 3.8) is 0 Å². The molecule has 2 N–H and O–H groups in total. The molecule has 0 aliphatic heterocycles. The largest absolute Gasteiger partial charge is 0.496 e. The first-order valence-corrected chi connectivity index (χ1v) is 10.2. The standard InChI is InChI=1S/C23H33N3O5.HI/c1-6-24-23(26-17-9-7-10-18(13-17)31-12-8-11-27-2)25-16-20-21(29-4)14-19(28-3)15-22(20)30-5;/h7,9-10,13-15H,6,8,11-12,16H2,1-5H3,(H2,24,25,26);1H. The van der Waals surface area contributed by atoms with Gasteiger partial charge in [0, 0.05) is 50.6 Å². The van der Waals surface area contributed by atoms with Crippen LogP contribution in [0.5, 0.6) is 23.0 Å². The molecular formula is C23H34IN3O5. The van der Waals surface area contributed by atoms with Crippen LogP contribution in [0.2, 0.25) is 0 Å². The first-order valence-electron chi connectivity index (χ1n) is 10.2. The van der Waals surface area contributed by atoms with Crippen LogP contribution in [0.1, 0.15) is 18.9 Å². The van der Waals surface area contributed by atoms with E-state index in [-0.39, 0.29) is 24.0 Å². The Balaban J connectivity index is 0.00000512. The third-order valence-corrected chi connectivity index (χ3v) is 4.41. The predicted octanol–water partition coefficient (Wildman–Crippen LogP) is 4.32. The molecule has 0 aliphatic carbocycles. The molecule has 2 aromatic rings. The van der Waals surface area contributed by atoms with Crippen LogP contribution in [0.15, 0.2) is 41.4 Å². The van der Waals surface area contributed by atoms with Gasteiger partial charge in [0.25, 0.3) is 0 Å². The summed E-state index contributed by atoms with van der Waals surface area (Å²) >= 11 is 0. The minimum Gasteiger partial charge on any atom is -0.496 e. The molecule has 0 amide bonds. The van der Waals surface area contributed by atoms with Crippen molar-refractivity contribution in [2.45, 2.75) is 19.9 Å². The summed E-state index contributed by atoms with van der Waals surface area (Å²) < 4.78 is 27.2. The van der Waals surface area contributed by atoms with Gasteiger partial charge < -0.3 is 34.3 Å². The molecule has 0 saturated heterocycles. The quantitative estimate of drug-likeness (QED) is 0.174. The lowest BCUT2D eigenvalue weighted by Gasteiger charge is -2.16. The lowest BCUT2D eigenvalue weighted by Crippen LogP contribution is -2.30. The van der Waals surface area contributed by atoms with Crippen molar-refractivity contribution in [3.05, 3.63) is 42.0 Å². The maximum absolute atomic E-state index is 5.78. The molecule has 9 heteroatoms. The Morgan fingerprint density at radius 1 is 0.906 bits per heavy atom. The minimum absolute atomic E-state index is 0. The van der Waals surface area contributed by atoms with Gasteiger partial charge in [-0.1, -0.05) is 6.07 Å². The van der Waals surface area contributed by atoms with Gasteiger partial charge in [-0.3, -0.25) is 0 Å². The number of hydrogen-bond acceptors (Lipinski definition) is 6. The summed E-state index contributed by atoms with van der Waals surface area (Å²) in [5, 5.41) is 6.57. The molecule has 0 aromatic heterocycles. The Bertz CT molecular complexity index is 823. The topological polar surface area (TPSA) is 82.6 Å². The molecule has 178 valence electrons. The van der Waals surface area contributed by atoms with Crippen molar-refractivity contribution in [2.75, 3.05) is 53.5 Å². The van der Waals surface area contributed by atoms with Crippen molar-refractivity contribution in [3.8, 4) is 23.0 Å². The monoisotopic (exact) mass is 559 g/mol. The molecule has 0 atom stereocenters. The zero-order valence-electron chi connectivity index (χ0n) is 19.4. The van der Waals surface area contributed by atoms with E-state index in [4.69, 9.17) is 28.7 Å². The number of guanidine groups is 1. The molecule has 8 nitrogen and oxygen atoms in total. The highest BCUT2D eigenvalue weighted by Crippen LogP contribution is 2.34. The molecule has 2 aromatic carbocycles. The van der Waals surface area contributed by atoms with Gasteiger partial charge in [-0.2, -0.15) is 0 Å². The van der Waals surface area contributed by atoms with Gasteiger partial charge in [-0.15, -0.1) is 24.0 Å². The molecule has 0 saturated carbocycles. The van der Waals surface area contributed by atoms with E-state index in [2.05, 4.69) is 10.6 Å². The van der Waals surface area contributed by atoms with E-state index in [9.17, 15) is 0 Å². The third kappa shape index (κ3) is 8.62. The summed E-state index contributed by atoms with van der Waals surface area (Å²) in [6.45, 7) is 4.37. The van der Waals surface area contributed by atoms with E-state index in [0.717, 1.165) is 30.0 Å². The number of anilines is 1. The molecule has 0 aliphatic rings. The van der Waals surface area contributed by atoms with E-state index in [1.807, 2.05) is 43.3 Å². The van der Waals surface area contributed by atoms with E-state index in [0.29, 0.717) is 43.0 Å². The van der Waals surface area contributed by atoms with Gasteiger partial charge in [0.05, 0.1) is 40.0 Å². The number of rotatable bonds is 12. The average molecular weight is 559 g/mol. The summed E-state index contributed by atoms with van der Waals surface area (Å²) in [6, 6.07) is 11.4. The molecule has 0 radical (unpaired) electrons. The van der Waals surface area contributed by atoms with Gasteiger partial charge in [-0.25, -0.2) is 4.99 Å². The zero-order valence-corrected chi connectivity index (χ0v) is 21.7. The van der Waals surface area contributed by atoms with Crippen LogP contribution >= 0.6 is 24.0 Å². The fourth-order valence-corrected chi connectivity index (χ4v) is 2.89. The predicted molar refractivity (Wildman–Crippen MR) is 138 cm³/mol. The van der Waals surface area contributed by atoms with Crippen LogP contribution in [-0.2, 0) is 11.3 Å². The van der Waals surface area contributed by atoms with Gasteiger partial charge in [-0.05, 0) is 19.1 Å². The Morgan fingerprint density at radius 2 is 1.62 bits per heavy atom. The normalized spacial score (nSPS) is 10.7. The molecule has 0 fully saturated rings. The summed E-state index contributed by atoms with van der Waals surface area (Å²) in [6.07, 6.45) is 0.837. The highest BCUT2D eigenvalue weighted by atomic mass is 127. The number of hydrogen-bond donors (Lipinski definition) is 2. The van der Waals surface area contributed by atoms with Gasteiger partial charge in [0.1, 0.15) is 23.0 Å².